The fourth-order valence-electron chi connectivity index (χ4n) is 2.11. The van der Waals surface area contributed by atoms with Crippen molar-refractivity contribution in [3.8, 4) is 5.75 Å². The van der Waals surface area contributed by atoms with E-state index in [1.807, 2.05) is 24.4 Å². The largest absolute Gasteiger partial charge is 0.493 e. The van der Waals surface area contributed by atoms with E-state index in [0.29, 0.717) is 13.0 Å². The molecule has 0 radical (unpaired) electrons. The van der Waals surface area contributed by atoms with Crippen LogP contribution in [0.5, 0.6) is 5.75 Å². The van der Waals surface area contributed by atoms with Gasteiger partial charge in [-0.2, -0.15) is 0 Å². The van der Waals surface area contributed by atoms with Gasteiger partial charge in [-0.25, -0.2) is 4.98 Å². The Bertz CT molecular complexity index is 775. The van der Waals surface area contributed by atoms with Crippen molar-refractivity contribution in [3.63, 3.8) is 0 Å². The Morgan fingerprint density at radius 3 is 3.15 bits per heavy atom. The van der Waals surface area contributed by atoms with Crippen molar-refractivity contribution in [3.05, 3.63) is 22.5 Å². The van der Waals surface area contributed by atoms with Gasteiger partial charge in [0.25, 0.3) is 0 Å². The van der Waals surface area contributed by atoms with E-state index in [0.717, 1.165) is 31.1 Å². The molecule has 4 nitrogen and oxygen atoms in total. The number of fused-ring (bicyclic) bond motifs is 3. The molecule has 1 aromatic carbocycles. The highest BCUT2D eigenvalue weighted by Gasteiger charge is 2.12. The predicted octanol–water partition coefficient (Wildman–Crippen LogP) is 4.06. The number of rotatable bonds is 5. The minimum absolute atomic E-state index is 0.134. The summed E-state index contributed by atoms with van der Waals surface area (Å²) < 4.78 is 8.02. The van der Waals surface area contributed by atoms with Gasteiger partial charge in [-0.3, -0.25) is 4.79 Å². The Labute approximate surface area is 123 Å². The fraction of sp³-hybridized carbons (Fsp3) is 0.286. The van der Waals surface area contributed by atoms with Crippen LogP contribution in [0.15, 0.2) is 17.5 Å². The molecule has 1 N–H and O–H groups in total. The second kappa shape index (κ2) is 5.38. The Kier molecular flexibility index (Phi) is 3.58. The lowest BCUT2D eigenvalue weighted by Gasteiger charge is -2.07. The van der Waals surface area contributed by atoms with E-state index in [1.165, 1.54) is 0 Å². The molecule has 104 valence electrons. The number of hydrogen-bond donors (Lipinski definition) is 1. The van der Waals surface area contributed by atoms with Gasteiger partial charge in [-0.15, -0.1) is 22.7 Å². The van der Waals surface area contributed by atoms with Gasteiger partial charge in [-0.05, 0) is 24.8 Å². The summed E-state index contributed by atoms with van der Waals surface area (Å²) in [6, 6.07) is 4.04. The lowest BCUT2D eigenvalue weighted by Crippen LogP contribution is -2.02. The molecule has 0 saturated carbocycles. The van der Waals surface area contributed by atoms with Crippen molar-refractivity contribution in [2.75, 3.05) is 6.61 Å². The van der Waals surface area contributed by atoms with Gasteiger partial charge in [-0.1, -0.05) is 0 Å². The van der Waals surface area contributed by atoms with Gasteiger partial charge in [0.15, 0.2) is 0 Å². The molecular weight excluding hydrogens is 294 g/mol. The molecule has 6 heteroatoms. The molecule has 0 atom stereocenters. The van der Waals surface area contributed by atoms with Gasteiger partial charge < -0.3 is 9.84 Å². The zero-order chi connectivity index (χ0) is 14.1. The average Bonchev–Trinajstić information content (AvgIpc) is 2.99. The highest BCUT2D eigenvalue weighted by Crippen LogP contribution is 2.38. The van der Waals surface area contributed by atoms with Gasteiger partial charge in [0.05, 0.1) is 26.5 Å². The molecule has 20 heavy (non-hydrogen) atoms. The summed E-state index contributed by atoms with van der Waals surface area (Å²) in [4.78, 5) is 15.1. The molecule has 0 amide bonds. The van der Waals surface area contributed by atoms with Crippen LogP contribution in [-0.4, -0.2) is 22.7 Å². The maximum absolute atomic E-state index is 10.5. The lowest BCUT2D eigenvalue weighted by atomic mass is 10.2. The van der Waals surface area contributed by atoms with Gasteiger partial charge in [0.1, 0.15) is 5.75 Å². The standard InChI is InChI=1S/C14H13NO3S2/c1-8-15-13-11(20-8)7-10(9-4-6-19-14(9)13)18-5-2-3-12(16)17/h4,6-7H,2-3,5H2,1H3,(H,16,17). The van der Waals surface area contributed by atoms with Gasteiger partial charge in [0, 0.05) is 17.9 Å². The molecule has 2 aromatic heterocycles. The highest BCUT2D eigenvalue weighted by atomic mass is 32.1. The number of ether oxygens (including phenoxy) is 1. The monoisotopic (exact) mass is 307 g/mol. The molecule has 0 aliphatic rings. The number of aryl methyl sites for hydroxylation is 1. The molecule has 0 spiro atoms. The van der Waals surface area contributed by atoms with E-state index in [9.17, 15) is 4.79 Å². The van der Waals surface area contributed by atoms with Crippen LogP contribution < -0.4 is 4.74 Å². The predicted molar refractivity (Wildman–Crippen MR) is 82.1 cm³/mol. The third-order valence-electron chi connectivity index (χ3n) is 2.96. The Morgan fingerprint density at radius 1 is 1.50 bits per heavy atom. The third kappa shape index (κ3) is 2.48. The normalized spacial score (nSPS) is 11.2. The van der Waals surface area contributed by atoms with Crippen LogP contribution in [0, 0.1) is 6.92 Å². The first kappa shape index (κ1) is 13.3. The van der Waals surface area contributed by atoms with Crippen LogP contribution in [0.1, 0.15) is 17.8 Å². The van der Waals surface area contributed by atoms with Crippen LogP contribution in [0.4, 0.5) is 0 Å². The molecule has 0 bridgehead atoms. The number of aliphatic carboxylic acids is 1. The maximum atomic E-state index is 10.5. The van der Waals surface area contributed by atoms with E-state index in [1.54, 1.807) is 22.7 Å². The second-order valence-corrected chi connectivity index (χ2v) is 6.61. The average molecular weight is 307 g/mol. The number of hydrogen-bond acceptors (Lipinski definition) is 5. The molecule has 0 aliphatic heterocycles. The molecule has 0 aliphatic carbocycles. The number of carbonyl (C=O) groups is 1. The molecule has 0 fully saturated rings. The number of thiophene rings is 1. The number of carboxylic acids is 1. The molecule has 3 rings (SSSR count). The van der Waals surface area contributed by atoms with Crippen molar-refractivity contribution in [2.24, 2.45) is 0 Å². The van der Waals surface area contributed by atoms with E-state index >= 15 is 0 Å². The van der Waals surface area contributed by atoms with Crippen molar-refractivity contribution >= 4 is 48.9 Å². The van der Waals surface area contributed by atoms with Gasteiger partial charge in [0.2, 0.25) is 0 Å². The van der Waals surface area contributed by atoms with E-state index < -0.39 is 5.97 Å². The number of carboxylic acid groups (broad SMARTS) is 1. The molecule has 2 heterocycles. The highest BCUT2D eigenvalue weighted by molar-refractivity contribution is 7.21. The summed E-state index contributed by atoms with van der Waals surface area (Å²) in [5.41, 5.74) is 1.04. The van der Waals surface area contributed by atoms with Crippen molar-refractivity contribution in [1.29, 1.82) is 0 Å². The molecule has 0 saturated heterocycles. The quantitative estimate of drug-likeness (QED) is 0.722. The number of benzene rings is 1. The fourth-order valence-corrected chi connectivity index (χ4v) is 3.94. The summed E-state index contributed by atoms with van der Waals surface area (Å²) in [6.07, 6.45) is 0.648. The van der Waals surface area contributed by atoms with Gasteiger partial charge >= 0.3 is 5.97 Å². The first-order chi connectivity index (χ1) is 9.65. The number of nitrogens with zero attached hydrogens (tertiary/aromatic N) is 1. The first-order valence-corrected chi connectivity index (χ1v) is 7.96. The van der Waals surface area contributed by atoms with Crippen molar-refractivity contribution < 1.29 is 14.6 Å². The summed E-state index contributed by atoms with van der Waals surface area (Å²) in [6.45, 7) is 2.41. The van der Waals surface area contributed by atoms with Crippen LogP contribution in [0.3, 0.4) is 0 Å². The summed E-state index contributed by atoms with van der Waals surface area (Å²) in [5, 5.41) is 12.8. The molecule has 3 aromatic rings. The topological polar surface area (TPSA) is 59.4 Å². The Hall–Kier alpha value is -1.66. The Morgan fingerprint density at radius 2 is 2.35 bits per heavy atom. The van der Waals surface area contributed by atoms with E-state index in [4.69, 9.17) is 9.84 Å². The number of thiazole rings is 1. The SMILES string of the molecule is Cc1nc2c(cc(OCCCC(=O)O)c3ccsc32)s1. The minimum Gasteiger partial charge on any atom is -0.493 e. The summed E-state index contributed by atoms with van der Waals surface area (Å²) in [7, 11) is 0. The maximum Gasteiger partial charge on any atom is 0.303 e. The van der Waals surface area contributed by atoms with Crippen LogP contribution in [0.25, 0.3) is 20.3 Å². The first-order valence-electron chi connectivity index (χ1n) is 6.27. The summed E-state index contributed by atoms with van der Waals surface area (Å²) >= 11 is 3.31. The smallest absolute Gasteiger partial charge is 0.303 e. The number of aromatic nitrogens is 1. The minimum atomic E-state index is -0.789. The van der Waals surface area contributed by atoms with Crippen LogP contribution >= 0.6 is 22.7 Å². The van der Waals surface area contributed by atoms with Crippen molar-refractivity contribution in [2.45, 2.75) is 19.8 Å². The second-order valence-electron chi connectivity index (χ2n) is 4.46. The summed E-state index contributed by atoms with van der Waals surface area (Å²) in [5.74, 6) is 0.0330. The van der Waals surface area contributed by atoms with E-state index in [2.05, 4.69) is 4.98 Å². The van der Waals surface area contributed by atoms with Crippen molar-refractivity contribution in [1.82, 2.24) is 4.98 Å². The zero-order valence-corrected chi connectivity index (χ0v) is 12.5. The Balaban J connectivity index is 1.92. The van der Waals surface area contributed by atoms with Crippen LogP contribution in [-0.2, 0) is 4.79 Å². The molecular formula is C14H13NO3S2. The third-order valence-corrected chi connectivity index (χ3v) is 4.80. The lowest BCUT2D eigenvalue weighted by molar-refractivity contribution is -0.137. The molecule has 0 unspecified atom stereocenters. The zero-order valence-electron chi connectivity index (χ0n) is 10.9. The van der Waals surface area contributed by atoms with E-state index in [-0.39, 0.29) is 6.42 Å². The van der Waals surface area contributed by atoms with Crippen LogP contribution in [0.2, 0.25) is 0 Å².